The normalized spacial score (nSPS) is 12.5. The molecule has 0 saturated heterocycles. The van der Waals surface area contributed by atoms with Gasteiger partial charge in [-0.05, 0) is 5.92 Å². The fraction of sp³-hybridized carbons (Fsp3) is 0.750. The number of alkyl halides is 2. The lowest BCUT2D eigenvalue weighted by Gasteiger charge is -2.13. The van der Waals surface area contributed by atoms with Crippen LogP contribution in [0.15, 0.2) is 6.33 Å². The van der Waals surface area contributed by atoms with Crippen LogP contribution in [0.3, 0.4) is 0 Å². The van der Waals surface area contributed by atoms with Crippen molar-refractivity contribution in [3.05, 3.63) is 12.2 Å². The van der Waals surface area contributed by atoms with E-state index in [2.05, 4.69) is 10.2 Å². The first kappa shape index (κ1) is 10.1. The second-order valence-corrected chi connectivity index (χ2v) is 3.59. The first-order valence-electron chi connectivity index (χ1n) is 4.17. The van der Waals surface area contributed by atoms with E-state index in [9.17, 15) is 8.78 Å². The minimum Gasteiger partial charge on any atom is -0.312 e. The largest absolute Gasteiger partial charge is 0.312 e. The number of nitrogens with zero attached hydrogens (tertiary/aromatic N) is 3. The van der Waals surface area contributed by atoms with Crippen LogP contribution in [-0.2, 0) is 12.5 Å². The zero-order valence-electron chi connectivity index (χ0n) is 7.96. The molecule has 0 saturated carbocycles. The molecule has 1 heterocycles. The van der Waals surface area contributed by atoms with Crippen molar-refractivity contribution in [2.45, 2.75) is 33.2 Å². The van der Waals surface area contributed by atoms with Gasteiger partial charge in [-0.15, -0.1) is 10.2 Å². The maximum Gasteiger partial charge on any atom is 0.304 e. The van der Waals surface area contributed by atoms with Crippen LogP contribution in [0.25, 0.3) is 0 Å². The molecule has 0 radical (unpaired) electrons. The summed E-state index contributed by atoms with van der Waals surface area (Å²) in [6, 6.07) is 0. The third-order valence-electron chi connectivity index (χ3n) is 1.57. The van der Waals surface area contributed by atoms with Gasteiger partial charge in [-0.25, -0.2) is 0 Å². The number of halogens is 2. The second kappa shape index (κ2) is 3.40. The Bertz CT molecular complexity index is 275. The predicted molar refractivity (Wildman–Crippen MR) is 44.4 cm³/mol. The molecule has 13 heavy (non-hydrogen) atoms. The minimum atomic E-state index is -2.91. The van der Waals surface area contributed by atoms with Gasteiger partial charge >= 0.3 is 5.92 Å². The van der Waals surface area contributed by atoms with Crippen molar-refractivity contribution in [1.82, 2.24) is 14.8 Å². The third-order valence-corrected chi connectivity index (χ3v) is 1.57. The molecule has 5 heteroatoms. The molecule has 0 N–H and O–H groups in total. The lowest BCUT2D eigenvalue weighted by atomic mass is 10.2. The summed E-state index contributed by atoms with van der Waals surface area (Å²) < 4.78 is 27.1. The predicted octanol–water partition coefficient (Wildman–Crippen LogP) is 2.05. The third kappa shape index (κ3) is 2.47. The van der Waals surface area contributed by atoms with Crippen molar-refractivity contribution >= 4 is 0 Å². The number of aromatic nitrogens is 3. The molecule has 1 rings (SSSR count). The van der Waals surface area contributed by atoms with Crippen LogP contribution >= 0.6 is 0 Å². The summed E-state index contributed by atoms with van der Waals surface area (Å²) in [4.78, 5) is 0. The first-order valence-corrected chi connectivity index (χ1v) is 4.17. The Balaban J connectivity index is 2.90. The Morgan fingerprint density at radius 3 is 2.62 bits per heavy atom. The molecule has 3 nitrogen and oxygen atoms in total. The lowest BCUT2D eigenvalue weighted by Crippen LogP contribution is -2.17. The zero-order valence-corrected chi connectivity index (χ0v) is 7.96. The maximum absolute atomic E-state index is 12.9. The molecule has 1 aromatic rings. The molecule has 0 atom stereocenters. The molecule has 1 aromatic heterocycles. The average Bonchev–Trinajstić information content (AvgIpc) is 2.31. The highest BCUT2D eigenvalue weighted by Gasteiger charge is 2.30. The molecule has 0 spiro atoms. The van der Waals surface area contributed by atoms with E-state index in [-0.39, 0.29) is 5.82 Å². The molecule has 0 unspecified atom stereocenters. The van der Waals surface area contributed by atoms with Crippen molar-refractivity contribution in [2.24, 2.45) is 5.92 Å². The molecule has 0 aliphatic carbocycles. The Kier molecular flexibility index (Phi) is 2.63. The van der Waals surface area contributed by atoms with Gasteiger partial charge in [0.15, 0.2) is 0 Å². The van der Waals surface area contributed by atoms with Gasteiger partial charge in [0.25, 0.3) is 0 Å². The molecule has 74 valence electrons. The van der Waals surface area contributed by atoms with Crippen LogP contribution in [0.2, 0.25) is 0 Å². The van der Waals surface area contributed by atoms with E-state index in [4.69, 9.17) is 0 Å². The second-order valence-electron chi connectivity index (χ2n) is 3.59. The highest BCUT2D eigenvalue weighted by molar-refractivity contribution is 4.94. The van der Waals surface area contributed by atoms with E-state index in [0.717, 1.165) is 6.92 Å². The van der Waals surface area contributed by atoms with Crippen LogP contribution in [0, 0.1) is 5.92 Å². The van der Waals surface area contributed by atoms with Crippen molar-refractivity contribution in [3.8, 4) is 0 Å². The van der Waals surface area contributed by atoms with Crippen molar-refractivity contribution < 1.29 is 8.78 Å². The molecule has 0 aliphatic heterocycles. The van der Waals surface area contributed by atoms with Crippen LogP contribution in [0.5, 0.6) is 0 Å². The Labute approximate surface area is 75.8 Å². The van der Waals surface area contributed by atoms with E-state index in [0.29, 0.717) is 12.5 Å². The molecule has 0 bridgehead atoms. The van der Waals surface area contributed by atoms with Gasteiger partial charge in [-0.2, -0.15) is 8.78 Å². The summed E-state index contributed by atoms with van der Waals surface area (Å²) in [6.07, 6.45) is 1.34. The van der Waals surface area contributed by atoms with Gasteiger partial charge in [0.05, 0.1) is 0 Å². The summed E-state index contributed by atoms with van der Waals surface area (Å²) in [6.45, 7) is 5.26. The number of hydrogen-bond acceptors (Lipinski definition) is 2. The van der Waals surface area contributed by atoms with Crippen molar-refractivity contribution in [1.29, 1.82) is 0 Å². The molecule has 0 aromatic carbocycles. The Morgan fingerprint density at radius 2 is 2.15 bits per heavy atom. The van der Waals surface area contributed by atoms with E-state index in [1.54, 1.807) is 0 Å². The Hall–Kier alpha value is -1.00. The molecule has 0 aliphatic rings. The summed E-state index contributed by atoms with van der Waals surface area (Å²) in [7, 11) is 0. The van der Waals surface area contributed by atoms with Gasteiger partial charge in [-0.3, -0.25) is 0 Å². The molecule has 0 amide bonds. The standard InChI is InChI=1S/C8H13F2N3/c1-6(2)4-13-5-11-12-7(13)8(3,9)10/h5-6H,4H2,1-3H3. The van der Waals surface area contributed by atoms with Gasteiger partial charge in [-0.1, -0.05) is 13.8 Å². The fourth-order valence-electron chi connectivity index (χ4n) is 1.12. The molecule has 0 fully saturated rings. The van der Waals surface area contributed by atoms with Gasteiger partial charge in [0.1, 0.15) is 6.33 Å². The van der Waals surface area contributed by atoms with Crippen molar-refractivity contribution in [2.75, 3.05) is 0 Å². The topological polar surface area (TPSA) is 30.7 Å². The number of rotatable bonds is 3. The quantitative estimate of drug-likeness (QED) is 0.728. The van der Waals surface area contributed by atoms with Gasteiger partial charge in [0.2, 0.25) is 5.82 Å². The fourth-order valence-corrected chi connectivity index (χ4v) is 1.12. The van der Waals surface area contributed by atoms with E-state index >= 15 is 0 Å². The maximum atomic E-state index is 12.9. The van der Waals surface area contributed by atoms with E-state index in [1.165, 1.54) is 10.9 Å². The highest BCUT2D eigenvalue weighted by atomic mass is 19.3. The summed E-state index contributed by atoms with van der Waals surface area (Å²) in [5.74, 6) is -2.87. The lowest BCUT2D eigenvalue weighted by molar-refractivity contribution is 0.00320. The first-order chi connectivity index (χ1) is 5.91. The zero-order chi connectivity index (χ0) is 10.1. The van der Waals surface area contributed by atoms with E-state index < -0.39 is 5.92 Å². The van der Waals surface area contributed by atoms with Crippen LogP contribution < -0.4 is 0 Å². The minimum absolute atomic E-state index is 0.263. The van der Waals surface area contributed by atoms with Crippen molar-refractivity contribution in [3.63, 3.8) is 0 Å². The van der Waals surface area contributed by atoms with Gasteiger partial charge < -0.3 is 4.57 Å². The van der Waals surface area contributed by atoms with E-state index in [1.807, 2.05) is 13.8 Å². The molecular weight excluding hydrogens is 176 g/mol. The SMILES string of the molecule is CC(C)Cn1cnnc1C(C)(F)F. The smallest absolute Gasteiger partial charge is 0.304 e. The summed E-state index contributed by atoms with van der Waals surface area (Å²) >= 11 is 0. The average molecular weight is 189 g/mol. The highest BCUT2D eigenvalue weighted by Crippen LogP contribution is 2.24. The van der Waals surface area contributed by atoms with Crippen LogP contribution in [0.4, 0.5) is 8.78 Å². The van der Waals surface area contributed by atoms with Crippen LogP contribution in [0.1, 0.15) is 26.6 Å². The number of hydrogen-bond donors (Lipinski definition) is 0. The molecular formula is C8H13F2N3. The summed E-state index contributed by atoms with van der Waals surface area (Å²) in [5.41, 5.74) is 0. The monoisotopic (exact) mass is 189 g/mol. The Morgan fingerprint density at radius 1 is 1.54 bits per heavy atom. The van der Waals surface area contributed by atoms with Crippen LogP contribution in [-0.4, -0.2) is 14.8 Å². The van der Waals surface area contributed by atoms with Gasteiger partial charge in [0, 0.05) is 13.5 Å². The summed E-state index contributed by atoms with van der Waals surface area (Å²) in [5, 5.41) is 6.88.